The van der Waals surface area contributed by atoms with Crippen molar-refractivity contribution in [1.29, 1.82) is 0 Å². The Labute approximate surface area is 80.3 Å². The van der Waals surface area contributed by atoms with Gasteiger partial charge in [-0.05, 0) is 12.1 Å². The molecule has 0 saturated carbocycles. The number of pyridine rings is 1. The molecule has 1 amide bonds. The summed E-state index contributed by atoms with van der Waals surface area (Å²) in [6.45, 7) is 0. The van der Waals surface area contributed by atoms with E-state index in [4.69, 9.17) is 10.5 Å². The van der Waals surface area contributed by atoms with E-state index in [0.717, 1.165) is 5.39 Å². The minimum Gasteiger partial charge on any atom is -0.408 e. The average molecular weight is 188 g/mol. The van der Waals surface area contributed by atoms with Crippen LogP contribution in [0.5, 0.6) is 5.75 Å². The van der Waals surface area contributed by atoms with Gasteiger partial charge in [0.1, 0.15) is 5.52 Å². The summed E-state index contributed by atoms with van der Waals surface area (Å²) in [5.41, 5.74) is 5.56. The molecule has 1 heterocycles. The van der Waals surface area contributed by atoms with E-state index in [0.29, 0.717) is 11.3 Å². The summed E-state index contributed by atoms with van der Waals surface area (Å²) in [7, 11) is 0. The van der Waals surface area contributed by atoms with Crippen LogP contribution in [0.25, 0.3) is 10.9 Å². The molecule has 4 heteroatoms. The Morgan fingerprint density at radius 1 is 1.29 bits per heavy atom. The van der Waals surface area contributed by atoms with Crippen LogP contribution in [0.1, 0.15) is 0 Å². The smallest absolute Gasteiger partial charge is 0.408 e. The maximum absolute atomic E-state index is 10.6. The van der Waals surface area contributed by atoms with Crippen LogP contribution in [0.3, 0.4) is 0 Å². The number of carbonyl (C=O) groups excluding carboxylic acids is 1. The van der Waals surface area contributed by atoms with Gasteiger partial charge in [0.25, 0.3) is 0 Å². The Morgan fingerprint density at radius 2 is 2.07 bits per heavy atom. The number of amides is 1. The summed E-state index contributed by atoms with van der Waals surface area (Å²) in [6, 6.07) is 9.02. The third-order valence-electron chi connectivity index (χ3n) is 1.81. The van der Waals surface area contributed by atoms with E-state index in [1.165, 1.54) is 0 Å². The monoisotopic (exact) mass is 188 g/mol. The first-order valence-electron chi connectivity index (χ1n) is 4.08. The fraction of sp³-hybridized carbons (Fsp3) is 0. The van der Waals surface area contributed by atoms with Crippen molar-refractivity contribution in [2.45, 2.75) is 0 Å². The zero-order valence-corrected chi connectivity index (χ0v) is 7.31. The maximum Gasteiger partial charge on any atom is 0.410 e. The second kappa shape index (κ2) is 3.33. The van der Waals surface area contributed by atoms with Crippen molar-refractivity contribution in [3.8, 4) is 5.75 Å². The third-order valence-corrected chi connectivity index (χ3v) is 1.81. The zero-order chi connectivity index (χ0) is 9.97. The van der Waals surface area contributed by atoms with Gasteiger partial charge >= 0.3 is 6.09 Å². The van der Waals surface area contributed by atoms with E-state index in [1.54, 1.807) is 18.3 Å². The Kier molecular flexibility index (Phi) is 2.02. The highest BCUT2D eigenvalue weighted by atomic mass is 16.5. The van der Waals surface area contributed by atoms with Gasteiger partial charge in [0.2, 0.25) is 0 Å². The molecule has 2 N–H and O–H groups in total. The van der Waals surface area contributed by atoms with Gasteiger partial charge in [-0.2, -0.15) is 0 Å². The summed E-state index contributed by atoms with van der Waals surface area (Å²) >= 11 is 0. The van der Waals surface area contributed by atoms with Crippen molar-refractivity contribution >= 4 is 17.0 Å². The summed E-state index contributed by atoms with van der Waals surface area (Å²) < 4.78 is 4.80. The summed E-state index contributed by atoms with van der Waals surface area (Å²) in [5, 5.41) is 0.909. The van der Waals surface area contributed by atoms with Gasteiger partial charge in [-0.15, -0.1) is 0 Å². The number of rotatable bonds is 1. The van der Waals surface area contributed by atoms with E-state index in [9.17, 15) is 4.79 Å². The second-order valence-electron chi connectivity index (χ2n) is 2.75. The van der Waals surface area contributed by atoms with E-state index >= 15 is 0 Å². The molecule has 70 valence electrons. The number of nitrogens with zero attached hydrogens (tertiary/aromatic N) is 1. The molecule has 2 aromatic rings. The van der Waals surface area contributed by atoms with E-state index in [-0.39, 0.29) is 0 Å². The summed E-state index contributed by atoms with van der Waals surface area (Å²) in [6.07, 6.45) is 0.805. The lowest BCUT2D eigenvalue weighted by atomic mass is 10.2. The normalized spacial score (nSPS) is 10.0. The predicted octanol–water partition coefficient (Wildman–Crippen LogP) is 1.69. The molecule has 0 aliphatic heterocycles. The molecule has 0 bridgehead atoms. The zero-order valence-electron chi connectivity index (χ0n) is 7.31. The Bertz CT molecular complexity index is 477. The largest absolute Gasteiger partial charge is 0.410 e. The highest BCUT2D eigenvalue weighted by molar-refractivity contribution is 5.86. The molecule has 0 spiro atoms. The van der Waals surface area contributed by atoms with Gasteiger partial charge in [-0.3, -0.25) is 4.98 Å². The van der Waals surface area contributed by atoms with E-state index < -0.39 is 6.09 Å². The number of aromatic nitrogens is 1. The number of fused-ring (bicyclic) bond motifs is 1. The van der Waals surface area contributed by atoms with Crippen molar-refractivity contribution < 1.29 is 9.53 Å². The molecular formula is C10H8N2O2. The SMILES string of the molecule is NC(=O)Oc1cccc2cccnc12. The number of para-hydroxylation sites is 1. The van der Waals surface area contributed by atoms with Crippen LogP contribution in [0.4, 0.5) is 4.79 Å². The maximum atomic E-state index is 10.6. The molecule has 0 atom stereocenters. The number of hydrogen-bond acceptors (Lipinski definition) is 3. The van der Waals surface area contributed by atoms with Gasteiger partial charge in [-0.25, -0.2) is 4.79 Å². The molecule has 1 aromatic carbocycles. The highest BCUT2D eigenvalue weighted by Crippen LogP contribution is 2.22. The summed E-state index contributed by atoms with van der Waals surface area (Å²) in [5.74, 6) is 0.385. The Morgan fingerprint density at radius 3 is 2.86 bits per heavy atom. The minimum absolute atomic E-state index is 0.385. The lowest BCUT2D eigenvalue weighted by Gasteiger charge is -2.03. The van der Waals surface area contributed by atoms with Gasteiger partial charge < -0.3 is 10.5 Å². The number of primary amides is 1. The van der Waals surface area contributed by atoms with E-state index in [2.05, 4.69) is 4.98 Å². The topological polar surface area (TPSA) is 65.2 Å². The van der Waals surface area contributed by atoms with Crippen molar-refractivity contribution in [1.82, 2.24) is 4.98 Å². The molecule has 2 rings (SSSR count). The molecule has 0 radical (unpaired) electrons. The Hall–Kier alpha value is -2.10. The average Bonchev–Trinajstić information content (AvgIpc) is 2.18. The van der Waals surface area contributed by atoms with Crippen molar-refractivity contribution in [3.05, 3.63) is 36.5 Å². The molecular weight excluding hydrogens is 180 g/mol. The van der Waals surface area contributed by atoms with Gasteiger partial charge in [0.05, 0.1) is 0 Å². The fourth-order valence-corrected chi connectivity index (χ4v) is 1.27. The lowest BCUT2D eigenvalue weighted by Crippen LogP contribution is -2.16. The fourth-order valence-electron chi connectivity index (χ4n) is 1.27. The van der Waals surface area contributed by atoms with Gasteiger partial charge in [0.15, 0.2) is 5.75 Å². The first kappa shape index (κ1) is 8.50. The van der Waals surface area contributed by atoms with Crippen LogP contribution in [0, 0.1) is 0 Å². The molecule has 0 unspecified atom stereocenters. The van der Waals surface area contributed by atoms with Crippen LogP contribution in [-0.4, -0.2) is 11.1 Å². The highest BCUT2D eigenvalue weighted by Gasteiger charge is 2.04. The minimum atomic E-state index is -0.830. The lowest BCUT2D eigenvalue weighted by molar-refractivity contribution is 0.211. The molecule has 0 fully saturated rings. The predicted molar refractivity (Wildman–Crippen MR) is 52.0 cm³/mol. The van der Waals surface area contributed by atoms with Gasteiger partial charge in [-0.1, -0.05) is 18.2 Å². The third kappa shape index (κ3) is 1.50. The van der Waals surface area contributed by atoms with Crippen molar-refractivity contribution in [2.24, 2.45) is 5.73 Å². The Balaban J connectivity index is 2.59. The molecule has 1 aromatic heterocycles. The first-order valence-corrected chi connectivity index (χ1v) is 4.08. The van der Waals surface area contributed by atoms with Crippen LogP contribution in [0.15, 0.2) is 36.5 Å². The number of benzene rings is 1. The molecule has 0 saturated heterocycles. The molecule has 14 heavy (non-hydrogen) atoms. The second-order valence-corrected chi connectivity index (χ2v) is 2.75. The van der Waals surface area contributed by atoms with Crippen LogP contribution < -0.4 is 10.5 Å². The van der Waals surface area contributed by atoms with Crippen molar-refractivity contribution in [2.75, 3.05) is 0 Å². The van der Waals surface area contributed by atoms with Gasteiger partial charge in [0, 0.05) is 11.6 Å². The number of nitrogens with two attached hydrogens (primary N) is 1. The van der Waals surface area contributed by atoms with Crippen LogP contribution in [0.2, 0.25) is 0 Å². The quantitative estimate of drug-likeness (QED) is 0.740. The first-order chi connectivity index (χ1) is 6.77. The number of ether oxygens (including phenoxy) is 1. The van der Waals surface area contributed by atoms with E-state index in [1.807, 2.05) is 18.2 Å². The number of carbonyl (C=O) groups is 1. The molecule has 4 nitrogen and oxygen atoms in total. The molecule has 0 aliphatic rings. The van der Waals surface area contributed by atoms with Crippen molar-refractivity contribution in [3.63, 3.8) is 0 Å². The molecule has 0 aliphatic carbocycles. The summed E-state index contributed by atoms with van der Waals surface area (Å²) in [4.78, 5) is 14.7. The number of hydrogen-bond donors (Lipinski definition) is 1. The van der Waals surface area contributed by atoms with Crippen LogP contribution >= 0.6 is 0 Å². The van der Waals surface area contributed by atoms with Crippen LogP contribution in [-0.2, 0) is 0 Å². The standard InChI is InChI=1S/C10H8N2O2/c11-10(13)14-8-5-1-3-7-4-2-6-12-9(7)8/h1-6H,(H2,11,13).